The van der Waals surface area contributed by atoms with Gasteiger partial charge in [-0.15, -0.1) is 0 Å². The van der Waals surface area contributed by atoms with E-state index in [1.165, 1.54) is 128 Å². The van der Waals surface area contributed by atoms with Crippen molar-refractivity contribution in [1.82, 2.24) is 0 Å². The molecule has 0 amide bonds. The fraction of sp³-hybridized carbons (Fsp3) is 0.812. The summed E-state index contributed by atoms with van der Waals surface area (Å²) < 4.78 is 0. The molecule has 0 heteroatoms. The van der Waals surface area contributed by atoms with Crippen LogP contribution in [0.5, 0.6) is 0 Å². The fourth-order valence-electron chi connectivity index (χ4n) is 4.53. The van der Waals surface area contributed by atoms with Crippen LogP contribution in [0.3, 0.4) is 0 Å². The van der Waals surface area contributed by atoms with Crippen LogP contribution in [0.4, 0.5) is 0 Å². The van der Waals surface area contributed by atoms with Gasteiger partial charge in [-0.25, -0.2) is 0 Å². The third kappa shape index (κ3) is 21.1. The highest BCUT2D eigenvalue weighted by molar-refractivity contribution is 5.10. The van der Waals surface area contributed by atoms with Crippen LogP contribution in [0.25, 0.3) is 0 Å². The molecule has 32 heavy (non-hydrogen) atoms. The fourth-order valence-corrected chi connectivity index (χ4v) is 4.53. The van der Waals surface area contributed by atoms with Crippen molar-refractivity contribution in [3.8, 4) is 0 Å². The van der Waals surface area contributed by atoms with Gasteiger partial charge in [0.15, 0.2) is 0 Å². The molecule has 0 spiro atoms. The van der Waals surface area contributed by atoms with Crippen molar-refractivity contribution >= 4 is 0 Å². The van der Waals surface area contributed by atoms with Crippen LogP contribution >= 0.6 is 0 Å². The summed E-state index contributed by atoms with van der Waals surface area (Å²) in [5.41, 5.74) is 1.79. The van der Waals surface area contributed by atoms with Crippen LogP contribution in [-0.4, -0.2) is 0 Å². The van der Waals surface area contributed by atoms with E-state index in [-0.39, 0.29) is 0 Å². The lowest BCUT2D eigenvalue weighted by Crippen LogP contribution is -2.06. The monoisotopic (exact) mass is 444 g/mol. The molecule has 1 unspecified atom stereocenters. The molecule has 1 atom stereocenters. The van der Waals surface area contributed by atoms with Gasteiger partial charge in [0.05, 0.1) is 0 Å². The molecule has 0 rings (SSSR count). The van der Waals surface area contributed by atoms with E-state index in [0.29, 0.717) is 0 Å². The molecule has 188 valence electrons. The van der Waals surface area contributed by atoms with Gasteiger partial charge in [0.2, 0.25) is 0 Å². The lowest BCUT2D eigenvalue weighted by atomic mass is 9.85. The number of hydrogen-bond acceptors (Lipinski definition) is 0. The number of allylic oxidation sites excluding steroid dienone is 6. The van der Waals surface area contributed by atoms with Crippen LogP contribution in [0, 0.1) is 5.92 Å². The molecule has 0 saturated carbocycles. The number of rotatable bonds is 24. The minimum Gasteiger partial charge on any atom is -0.0885 e. The summed E-state index contributed by atoms with van der Waals surface area (Å²) in [4.78, 5) is 0. The van der Waals surface area contributed by atoms with Gasteiger partial charge in [0.1, 0.15) is 0 Å². The van der Waals surface area contributed by atoms with E-state index in [1.54, 1.807) is 5.57 Å². The lowest BCUT2D eigenvalue weighted by molar-refractivity contribution is 0.461. The van der Waals surface area contributed by atoms with Crippen LogP contribution in [0.15, 0.2) is 36.0 Å². The molecule has 0 N–H and O–H groups in total. The van der Waals surface area contributed by atoms with Gasteiger partial charge in [-0.3, -0.25) is 0 Å². The lowest BCUT2D eigenvalue weighted by Gasteiger charge is -2.21. The van der Waals surface area contributed by atoms with Crippen molar-refractivity contribution in [3.63, 3.8) is 0 Å². The quantitative estimate of drug-likeness (QED) is 0.102. The minimum atomic E-state index is 0.808. The zero-order valence-electron chi connectivity index (χ0n) is 22.8. The first-order chi connectivity index (χ1) is 15.8. The molecule has 0 radical (unpaired) electrons. The average molecular weight is 445 g/mol. The van der Waals surface area contributed by atoms with E-state index in [0.717, 1.165) is 12.3 Å². The van der Waals surface area contributed by atoms with E-state index in [2.05, 4.69) is 58.1 Å². The van der Waals surface area contributed by atoms with Crippen molar-refractivity contribution in [2.75, 3.05) is 0 Å². The summed E-state index contributed by atoms with van der Waals surface area (Å²) in [7, 11) is 0. The second kappa shape index (κ2) is 26.5. The highest BCUT2D eigenvalue weighted by atomic mass is 14.2. The maximum absolute atomic E-state index is 2.62. The smallest absolute Gasteiger partial charge is 0.0166 e. The molecule has 0 heterocycles. The second-order valence-corrected chi connectivity index (χ2v) is 9.88. The molecule has 0 aromatic heterocycles. The molecule has 0 bridgehead atoms. The van der Waals surface area contributed by atoms with Crippen molar-refractivity contribution in [3.05, 3.63) is 36.0 Å². The Kier molecular flexibility index (Phi) is 25.8. The summed E-state index contributed by atoms with van der Waals surface area (Å²) in [6.45, 7) is 9.21. The van der Waals surface area contributed by atoms with Gasteiger partial charge in [0.25, 0.3) is 0 Å². The molecule has 0 aliphatic heterocycles. The Labute approximate surface area is 204 Å². The van der Waals surface area contributed by atoms with E-state index in [4.69, 9.17) is 0 Å². The third-order valence-electron chi connectivity index (χ3n) is 6.73. The molecule has 0 saturated heterocycles. The molecule has 0 aromatic carbocycles. The van der Waals surface area contributed by atoms with Crippen LogP contribution in [0.2, 0.25) is 0 Å². The Balaban J connectivity index is 4.94. The maximum atomic E-state index is 2.62. The molecule has 0 fully saturated rings. The SMILES string of the molecule is CCCC/C=C/C/C=C(/CCCCCCC)C(CC/C=C/CCCC)CCCCCCC. The second-order valence-electron chi connectivity index (χ2n) is 9.88. The highest BCUT2D eigenvalue weighted by Crippen LogP contribution is 2.29. The van der Waals surface area contributed by atoms with Gasteiger partial charge >= 0.3 is 0 Å². The third-order valence-corrected chi connectivity index (χ3v) is 6.73. The zero-order chi connectivity index (χ0) is 23.5. The van der Waals surface area contributed by atoms with Crippen molar-refractivity contribution in [2.24, 2.45) is 5.92 Å². The number of unbranched alkanes of at least 4 members (excludes halogenated alkanes) is 12. The van der Waals surface area contributed by atoms with Crippen molar-refractivity contribution < 1.29 is 0 Å². The Bertz CT molecular complexity index is 439. The predicted molar refractivity (Wildman–Crippen MR) is 150 cm³/mol. The maximum Gasteiger partial charge on any atom is -0.0166 e. The van der Waals surface area contributed by atoms with Crippen LogP contribution in [-0.2, 0) is 0 Å². The van der Waals surface area contributed by atoms with E-state index >= 15 is 0 Å². The van der Waals surface area contributed by atoms with Crippen LogP contribution < -0.4 is 0 Å². The Morgan fingerprint density at radius 1 is 0.500 bits per heavy atom. The number of hydrogen-bond donors (Lipinski definition) is 0. The predicted octanol–water partition coefficient (Wildman–Crippen LogP) is 11.9. The summed E-state index contributed by atoms with van der Waals surface area (Å²) in [5.74, 6) is 0.808. The molecular weight excluding hydrogens is 384 g/mol. The van der Waals surface area contributed by atoms with Gasteiger partial charge in [-0.05, 0) is 57.3 Å². The molecular formula is C32H60. The summed E-state index contributed by atoms with van der Waals surface area (Å²) in [6.07, 6.45) is 40.7. The van der Waals surface area contributed by atoms with Gasteiger partial charge in [-0.1, -0.05) is 147 Å². The van der Waals surface area contributed by atoms with Gasteiger partial charge in [-0.2, -0.15) is 0 Å². The van der Waals surface area contributed by atoms with E-state index < -0.39 is 0 Å². The van der Waals surface area contributed by atoms with Crippen LogP contribution in [0.1, 0.15) is 163 Å². The average Bonchev–Trinajstić information content (AvgIpc) is 2.80. The standard InChI is InChI=1S/C32H60/c1-5-9-13-17-21-25-29-31(27-23-19-15-11-7-3)32(28-24-20-16-12-8-4)30-26-22-18-14-10-6-2/h17-18,21-22,29,32H,5-16,19-20,23-28,30H2,1-4H3/b21-17+,22-18+,31-29-. The van der Waals surface area contributed by atoms with E-state index in [1.807, 2.05) is 0 Å². The normalized spacial score (nSPS) is 13.6. The highest BCUT2D eigenvalue weighted by Gasteiger charge is 2.13. The van der Waals surface area contributed by atoms with Gasteiger partial charge < -0.3 is 0 Å². The molecule has 0 aliphatic rings. The first-order valence-corrected chi connectivity index (χ1v) is 14.8. The first kappa shape index (κ1) is 31.2. The summed E-state index contributed by atoms with van der Waals surface area (Å²) in [6, 6.07) is 0. The van der Waals surface area contributed by atoms with Gasteiger partial charge in [0, 0.05) is 0 Å². The molecule has 0 aliphatic carbocycles. The van der Waals surface area contributed by atoms with Crippen molar-refractivity contribution in [2.45, 2.75) is 163 Å². The van der Waals surface area contributed by atoms with Crippen molar-refractivity contribution in [1.29, 1.82) is 0 Å². The largest absolute Gasteiger partial charge is 0.0885 e. The summed E-state index contributed by atoms with van der Waals surface area (Å²) >= 11 is 0. The molecule has 0 aromatic rings. The topological polar surface area (TPSA) is 0 Å². The minimum absolute atomic E-state index is 0.808. The molecule has 0 nitrogen and oxygen atoms in total. The Hall–Kier alpha value is -0.780. The van der Waals surface area contributed by atoms with E-state index in [9.17, 15) is 0 Å². The first-order valence-electron chi connectivity index (χ1n) is 14.8. The Morgan fingerprint density at radius 3 is 1.66 bits per heavy atom. The summed E-state index contributed by atoms with van der Waals surface area (Å²) in [5, 5.41) is 0. The Morgan fingerprint density at radius 2 is 1.03 bits per heavy atom. The zero-order valence-corrected chi connectivity index (χ0v) is 22.8.